The highest BCUT2D eigenvalue weighted by molar-refractivity contribution is 14.1. The quantitative estimate of drug-likeness (QED) is 0.230. The zero-order chi connectivity index (χ0) is 21.8. The summed E-state index contributed by atoms with van der Waals surface area (Å²) in [6.45, 7) is -0.213. The maximum absolute atomic E-state index is 13.2. The summed E-state index contributed by atoms with van der Waals surface area (Å²) in [6, 6.07) is 21.8. The van der Waals surface area contributed by atoms with Crippen LogP contribution < -0.4 is 11.0 Å². The lowest BCUT2D eigenvalue weighted by molar-refractivity contribution is -0.121. The van der Waals surface area contributed by atoms with E-state index < -0.39 is 5.91 Å². The summed E-state index contributed by atoms with van der Waals surface area (Å²) in [5.41, 5.74) is 4.31. The summed E-state index contributed by atoms with van der Waals surface area (Å²) in [7, 11) is 0. The van der Waals surface area contributed by atoms with Crippen molar-refractivity contribution in [3.63, 3.8) is 0 Å². The molecule has 0 radical (unpaired) electrons. The molecule has 0 bridgehead atoms. The minimum absolute atomic E-state index is 0.213. The summed E-state index contributed by atoms with van der Waals surface area (Å²) in [4.78, 5) is 30.5. The van der Waals surface area contributed by atoms with Crippen molar-refractivity contribution in [1.29, 1.82) is 0 Å². The molecule has 3 aromatic carbocycles. The summed E-state index contributed by atoms with van der Waals surface area (Å²) in [5, 5.41) is 5.05. The summed E-state index contributed by atoms with van der Waals surface area (Å²) in [5.74, 6) is -0.00703. The number of carbonyl (C=O) groups is 1. The van der Waals surface area contributed by atoms with Crippen LogP contribution in [0.5, 0.6) is 0 Å². The Morgan fingerprint density at radius 1 is 1.10 bits per heavy atom. The molecule has 8 heteroatoms. The number of nitrogens with zero attached hydrogens (tertiary/aromatic N) is 3. The molecule has 0 saturated carbocycles. The van der Waals surface area contributed by atoms with Crippen LogP contribution in [0.3, 0.4) is 0 Å². The van der Waals surface area contributed by atoms with Gasteiger partial charge in [-0.3, -0.25) is 14.2 Å². The maximum atomic E-state index is 13.2. The first kappa shape index (κ1) is 21.2. The van der Waals surface area contributed by atoms with E-state index in [1.54, 1.807) is 30.3 Å². The van der Waals surface area contributed by atoms with Crippen molar-refractivity contribution in [2.75, 3.05) is 0 Å². The molecule has 4 aromatic rings. The molecule has 0 fully saturated rings. The first-order valence-corrected chi connectivity index (χ1v) is 10.8. The van der Waals surface area contributed by atoms with Gasteiger partial charge in [-0.1, -0.05) is 54.1 Å². The zero-order valence-electron chi connectivity index (χ0n) is 16.1. The number of hydrazone groups is 1. The Hall–Kier alpha value is -3.04. The average molecular weight is 543 g/mol. The van der Waals surface area contributed by atoms with Gasteiger partial charge in [0.25, 0.3) is 11.5 Å². The van der Waals surface area contributed by atoms with Crippen molar-refractivity contribution >= 4 is 57.2 Å². The first-order chi connectivity index (χ1) is 15.0. The van der Waals surface area contributed by atoms with Crippen molar-refractivity contribution in [1.82, 2.24) is 15.0 Å². The number of nitrogens with one attached hydrogen (secondary N) is 1. The molecule has 1 amide bonds. The number of rotatable bonds is 5. The number of carbonyl (C=O) groups excluding carboxylic acids is 1. The van der Waals surface area contributed by atoms with Crippen LogP contribution in [0.2, 0.25) is 5.02 Å². The van der Waals surface area contributed by atoms with Crippen molar-refractivity contribution < 1.29 is 4.79 Å². The average Bonchev–Trinajstić information content (AvgIpc) is 2.78. The van der Waals surface area contributed by atoms with Gasteiger partial charge in [0.15, 0.2) is 0 Å². The monoisotopic (exact) mass is 542 g/mol. The molecule has 0 aliphatic carbocycles. The van der Waals surface area contributed by atoms with E-state index in [4.69, 9.17) is 11.6 Å². The highest BCUT2D eigenvalue weighted by Crippen LogP contribution is 2.20. The molecule has 6 nitrogen and oxygen atoms in total. The van der Waals surface area contributed by atoms with E-state index in [1.165, 1.54) is 10.8 Å². The minimum Gasteiger partial charge on any atom is -0.283 e. The maximum Gasteiger partial charge on any atom is 0.262 e. The van der Waals surface area contributed by atoms with Gasteiger partial charge in [0.2, 0.25) is 0 Å². The third kappa shape index (κ3) is 5.00. The predicted molar refractivity (Wildman–Crippen MR) is 131 cm³/mol. The largest absolute Gasteiger partial charge is 0.283 e. The van der Waals surface area contributed by atoms with Crippen LogP contribution in [0, 0.1) is 3.57 Å². The van der Waals surface area contributed by atoms with E-state index in [0.717, 1.165) is 14.7 Å². The second-order valence-electron chi connectivity index (χ2n) is 6.70. The van der Waals surface area contributed by atoms with Crippen molar-refractivity contribution in [3.05, 3.63) is 97.3 Å². The van der Waals surface area contributed by atoms with E-state index in [0.29, 0.717) is 21.7 Å². The zero-order valence-corrected chi connectivity index (χ0v) is 19.0. The lowest BCUT2D eigenvalue weighted by Gasteiger charge is -2.13. The molecule has 1 heterocycles. The van der Waals surface area contributed by atoms with Crippen LogP contribution >= 0.6 is 34.2 Å². The van der Waals surface area contributed by atoms with Gasteiger partial charge < -0.3 is 0 Å². The van der Waals surface area contributed by atoms with Crippen molar-refractivity contribution in [2.45, 2.75) is 6.54 Å². The van der Waals surface area contributed by atoms with Crippen LogP contribution in [0.25, 0.3) is 22.3 Å². The van der Waals surface area contributed by atoms with E-state index in [1.807, 2.05) is 42.5 Å². The number of amides is 1. The number of benzene rings is 3. The SMILES string of the molecule is O=C(Cn1c(-c2ccccc2)nc2ccc(I)cc2c1=O)NN=Cc1ccc(Cl)cc1. The second-order valence-corrected chi connectivity index (χ2v) is 8.38. The number of hydrogen-bond acceptors (Lipinski definition) is 4. The number of hydrogen-bond donors (Lipinski definition) is 1. The van der Waals surface area contributed by atoms with Gasteiger partial charge in [0.05, 0.1) is 17.1 Å². The molecular formula is C23H16ClIN4O2. The minimum atomic E-state index is -0.434. The highest BCUT2D eigenvalue weighted by atomic mass is 127. The Morgan fingerprint density at radius 2 is 1.84 bits per heavy atom. The van der Waals surface area contributed by atoms with E-state index in [9.17, 15) is 9.59 Å². The summed E-state index contributed by atoms with van der Waals surface area (Å²) >= 11 is 8.01. The third-order valence-electron chi connectivity index (χ3n) is 4.52. The van der Waals surface area contributed by atoms with Gasteiger partial charge in [0.1, 0.15) is 12.4 Å². The normalized spacial score (nSPS) is 11.2. The molecule has 0 aliphatic heterocycles. The predicted octanol–water partition coefficient (Wildman–Crippen LogP) is 4.47. The van der Waals surface area contributed by atoms with Gasteiger partial charge in [-0.05, 0) is 58.5 Å². The fourth-order valence-electron chi connectivity index (χ4n) is 3.05. The highest BCUT2D eigenvalue weighted by Gasteiger charge is 2.15. The van der Waals surface area contributed by atoms with Crippen molar-refractivity contribution in [3.8, 4) is 11.4 Å². The molecule has 154 valence electrons. The molecule has 0 atom stereocenters. The Balaban J connectivity index is 1.66. The van der Waals surface area contributed by atoms with Crippen LogP contribution in [0.1, 0.15) is 5.56 Å². The van der Waals surface area contributed by atoms with Crippen molar-refractivity contribution in [2.24, 2.45) is 5.10 Å². The molecule has 31 heavy (non-hydrogen) atoms. The number of fused-ring (bicyclic) bond motifs is 1. The molecular weight excluding hydrogens is 527 g/mol. The third-order valence-corrected chi connectivity index (χ3v) is 5.45. The molecule has 0 saturated heterocycles. The van der Waals surface area contributed by atoms with Crippen LogP contribution in [-0.2, 0) is 11.3 Å². The van der Waals surface area contributed by atoms with E-state index in [-0.39, 0.29) is 12.1 Å². The Bertz CT molecular complexity index is 1340. The number of aromatic nitrogens is 2. The fourth-order valence-corrected chi connectivity index (χ4v) is 3.67. The van der Waals surface area contributed by atoms with Gasteiger partial charge in [0, 0.05) is 14.2 Å². The van der Waals surface area contributed by atoms with Gasteiger partial charge in [-0.15, -0.1) is 0 Å². The second kappa shape index (κ2) is 9.40. The Morgan fingerprint density at radius 3 is 2.58 bits per heavy atom. The topological polar surface area (TPSA) is 76.3 Å². The summed E-state index contributed by atoms with van der Waals surface area (Å²) < 4.78 is 2.29. The Labute approximate surface area is 196 Å². The molecule has 1 N–H and O–H groups in total. The van der Waals surface area contributed by atoms with Crippen LogP contribution in [-0.4, -0.2) is 21.7 Å². The smallest absolute Gasteiger partial charge is 0.262 e. The molecule has 0 unspecified atom stereocenters. The Kier molecular flexibility index (Phi) is 6.43. The molecule has 1 aromatic heterocycles. The lowest BCUT2D eigenvalue weighted by Crippen LogP contribution is -2.31. The molecule has 0 aliphatic rings. The number of halogens is 2. The van der Waals surface area contributed by atoms with Gasteiger partial charge in [-0.2, -0.15) is 5.10 Å². The van der Waals surface area contributed by atoms with Crippen LogP contribution in [0.4, 0.5) is 0 Å². The lowest BCUT2D eigenvalue weighted by atomic mass is 10.2. The fraction of sp³-hybridized carbons (Fsp3) is 0.0435. The standard InChI is InChI=1S/C23H16ClIN4O2/c24-17-8-6-15(7-9-17)13-26-28-21(30)14-29-22(16-4-2-1-3-5-16)27-20-11-10-18(25)12-19(20)23(29)31/h1-13H,14H2,(H,28,30). The van der Waals surface area contributed by atoms with Crippen LogP contribution in [0.15, 0.2) is 82.7 Å². The van der Waals surface area contributed by atoms with E-state index >= 15 is 0 Å². The molecule has 0 spiro atoms. The first-order valence-electron chi connectivity index (χ1n) is 9.34. The van der Waals surface area contributed by atoms with E-state index in [2.05, 4.69) is 38.1 Å². The summed E-state index contributed by atoms with van der Waals surface area (Å²) in [6.07, 6.45) is 1.51. The van der Waals surface area contributed by atoms with Gasteiger partial charge >= 0.3 is 0 Å². The molecule has 4 rings (SSSR count). The van der Waals surface area contributed by atoms with Gasteiger partial charge in [-0.25, -0.2) is 10.4 Å².